The number of para-hydroxylation sites is 2. The summed E-state index contributed by atoms with van der Waals surface area (Å²) in [7, 11) is 0. The first-order chi connectivity index (χ1) is 9.81. The topological polar surface area (TPSA) is 58.5 Å². The average Bonchev–Trinajstić information content (AvgIpc) is 2.95. The lowest BCUT2D eigenvalue weighted by Gasteiger charge is -2.20. The van der Waals surface area contributed by atoms with Gasteiger partial charge in [-0.3, -0.25) is 0 Å². The summed E-state index contributed by atoms with van der Waals surface area (Å²) in [5.41, 5.74) is 1.72. The van der Waals surface area contributed by atoms with Crippen LogP contribution in [0.4, 0.5) is 5.82 Å². The van der Waals surface area contributed by atoms with Crippen LogP contribution in [0.25, 0.3) is 11.0 Å². The standard InChI is InChI=1S/C15H19N3O2/c1-2-20-15-14(18-8-7-11(9-18)10-19)16-12-5-3-4-6-13(12)17-15/h3-6,11,19H,2,7-10H2,1H3. The molecular formula is C15H19N3O2. The Kier molecular flexibility index (Phi) is 3.69. The molecule has 0 bridgehead atoms. The lowest BCUT2D eigenvalue weighted by atomic mass is 10.1. The summed E-state index contributed by atoms with van der Waals surface area (Å²) in [5, 5.41) is 9.28. The first-order valence-corrected chi connectivity index (χ1v) is 7.07. The maximum absolute atomic E-state index is 9.28. The Morgan fingerprint density at radius 3 is 2.70 bits per heavy atom. The second-order valence-corrected chi connectivity index (χ2v) is 5.06. The minimum atomic E-state index is 0.224. The summed E-state index contributed by atoms with van der Waals surface area (Å²) < 4.78 is 5.65. The summed E-state index contributed by atoms with van der Waals surface area (Å²) >= 11 is 0. The van der Waals surface area contributed by atoms with E-state index in [4.69, 9.17) is 9.72 Å². The molecule has 106 valence electrons. The van der Waals surface area contributed by atoms with Gasteiger partial charge in [0.15, 0.2) is 5.82 Å². The molecule has 1 aromatic heterocycles. The molecule has 0 radical (unpaired) electrons. The normalized spacial score (nSPS) is 18.7. The van der Waals surface area contributed by atoms with Crippen LogP contribution in [0.2, 0.25) is 0 Å². The maximum Gasteiger partial charge on any atom is 0.258 e. The Bertz CT molecular complexity index is 603. The van der Waals surface area contributed by atoms with E-state index < -0.39 is 0 Å². The molecule has 20 heavy (non-hydrogen) atoms. The Balaban J connectivity index is 2.01. The monoisotopic (exact) mass is 273 g/mol. The van der Waals surface area contributed by atoms with E-state index in [0.717, 1.165) is 36.4 Å². The molecule has 5 nitrogen and oxygen atoms in total. The highest BCUT2D eigenvalue weighted by atomic mass is 16.5. The third kappa shape index (κ3) is 2.41. The number of nitrogens with zero attached hydrogens (tertiary/aromatic N) is 3. The number of aliphatic hydroxyl groups excluding tert-OH is 1. The van der Waals surface area contributed by atoms with E-state index in [9.17, 15) is 5.11 Å². The molecule has 0 spiro atoms. The second kappa shape index (κ2) is 5.63. The molecular weight excluding hydrogens is 254 g/mol. The predicted molar refractivity (Wildman–Crippen MR) is 78.1 cm³/mol. The molecule has 0 aliphatic carbocycles. The van der Waals surface area contributed by atoms with Crippen molar-refractivity contribution in [2.45, 2.75) is 13.3 Å². The van der Waals surface area contributed by atoms with Crippen molar-refractivity contribution in [3.05, 3.63) is 24.3 Å². The molecule has 2 heterocycles. The van der Waals surface area contributed by atoms with Gasteiger partial charge in [-0.15, -0.1) is 0 Å². The summed E-state index contributed by atoms with van der Waals surface area (Å²) in [6.45, 7) is 4.43. The lowest BCUT2D eigenvalue weighted by Crippen LogP contribution is -2.23. The van der Waals surface area contributed by atoms with Gasteiger partial charge in [-0.25, -0.2) is 9.97 Å². The van der Waals surface area contributed by atoms with Crippen LogP contribution in [-0.4, -0.2) is 41.4 Å². The van der Waals surface area contributed by atoms with E-state index in [1.165, 1.54) is 0 Å². The van der Waals surface area contributed by atoms with Crippen molar-refractivity contribution in [1.29, 1.82) is 0 Å². The predicted octanol–water partition coefficient (Wildman–Crippen LogP) is 1.85. The van der Waals surface area contributed by atoms with E-state index in [1.54, 1.807) is 0 Å². The minimum Gasteiger partial charge on any atom is -0.475 e. The van der Waals surface area contributed by atoms with Gasteiger partial charge < -0.3 is 14.7 Å². The van der Waals surface area contributed by atoms with Crippen LogP contribution < -0.4 is 9.64 Å². The van der Waals surface area contributed by atoms with Gasteiger partial charge in [0.2, 0.25) is 0 Å². The Morgan fingerprint density at radius 2 is 2.05 bits per heavy atom. The van der Waals surface area contributed by atoms with Gasteiger partial charge in [0, 0.05) is 25.6 Å². The molecule has 1 unspecified atom stereocenters. The van der Waals surface area contributed by atoms with Gasteiger partial charge >= 0.3 is 0 Å². The SMILES string of the molecule is CCOc1nc2ccccc2nc1N1CCC(CO)C1. The fourth-order valence-corrected chi connectivity index (χ4v) is 2.59. The highest BCUT2D eigenvalue weighted by Gasteiger charge is 2.26. The molecule has 1 aliphatic rings. The largest absolute Gasteiger partial charge is 0.475 e. The van der Waals surface area contributed by atoms with Crippen molar-refractivity contribution in [3.8, 4) is 5.88 Å². The van der Waals surface area contributed by atoms with Gasteiger partial charge in [-0.1, -0.05) is 12.1 Å². The molecule has 1 N–H and O–H groups in total. The number of benzene rings is 1. The van der Waals surface area contributed by atoms with Crippen LogP contribution >= 0.6 is 0 Å². The quantitative estimate of drug-likeness (QED) is 0.921. The van der Waals surface area contributed by atoms with E-state index in [-0.39, 0.29) is 6.61 Å². The van der Waals surface area contributed by atoms with E-state index in [0.29, 0.717) is 18.4 Å². The molecule has 0 saturated carbocycles. The van der Waals surface area contributed by atoms with E-state index in [1.807, 2.05) is 31.2 Å². The first-order valence-electron chi connectivity index (χ1n) is 7.07. The number of aromatic nitrogens is 2. The average molecular weight is 273 g/mol. The van der Waals surface area contributed by atoms with Gasteiger partial charge in [0.1, 0.15) is 0 Å². The Morgan fingerprint density at radius 1 is 1.30 bits per heavy atom. The molecule has 1 fully saturated rings. The fourth-order valence-electron chi connectivity index (χ4n) is 2.59. The van der Waals surface area contributed by atoms with Gasteiger partial charge in [-0.2, -0.15) is 0 Å². The number of rotatable bonds is 4. The van der Waals surface area contributed by atoms with Gasteiger partial charge in [0.25, 0.3) is 5.88 Å². The smallest absolute Gasteiger partial charge is 0.258 e. The van der Waals surface area contributed by atoms with Crippen LogP contribution in [0.15, 0.2) is 24.3 Å². The summed E-state index contributed by atoms with van der Waals surface area (Å²) in [6.07, 6.45) is 0.983. The van der Waals surface area contributed by atoms with Crippen molar-refractivity contribution < 1.29 is 9.84 Å². The summed E-state index contributed by atoms with van der Waals surface area (Å²) in [5.74, 6) is 1.70. The van der Waals surface area contributed by atoms with Gasteiger partial charge in [0.05, 0.1) is 17.6 Å². The van der Waals surface area contributed by atoms with Crippen molar-refractivity contribution in [2.75, 3.05) is 31.2 Å². The molecule has 1 atom stereocenters. The second-order valence-electron chi connectivity index (χ2n) is 5.06. The number of aliphatic hydroxyl groups is 1. The van der Waals surface area contributed by atoms with Crippen LogP contribution in [0.5, 0.6) is 5.88 Å². The molecule has 1 aliphatic heterocycles. The van der Waals surface area contributed by atoms with Crippen LogP contribution in [0.1, 0.15) is 13.3 Å². The number of hydrogen-bond acceptors (Lipinski definition) is 5. The zero-order chi connectivity index (χ0) is 13.9. The fraction of sp³-hybridized carbons (Fsp3) is 0.467. The highest BCUT2D eigenvalue weighted by Crippen LogP contribution is 2.30. The molecule has 3 rings (SSSR count). The van der Waals surface area contributed by atoms with Crippen LogP contribution in [-0.2, 0) is 0 Å². The van der Waals surface area contributed by atoms with Crippen molar-refractivity contribution in [3.63, 3.8) is 0 Å². The lowest BCUT2D eigenvalue weighted by molar-refractivity contribution is 0.238. The molecule has 0 amide bonds. The van der Waals surface area contributed by atoms with E-state index in [2.05, 4.69) is 9.88 Å². The third-order valence-electron chi connectivity index (χ3n) is 3.65. The molecule has 1 saturated heterocycles. The van der Waals surface area contributed by atoms with Crippen molar-refractivity contribution in [1.82, 2.24) is 9.97 Å². The maximum atomic E-state index is 9.28. The van der Waals surface area contributed by atoms with Gasteiger partial charge in [-0.05, 0) is 25.5 Å². The molecule has 2 aromatic rings. The number of ether oxygens (including phenoxy) is 1. The van der Waals surface area contributed by atoms with Crippen molar-refractivity contribution >= 4 is 16.9 Å². The van der Waals surface area contributed by atoms with Crippen LogP contribution in [0, 0.1) is 5.92 Å². The summed E-state index contributed by atoms with van der Waals surface area (Å²) in [6, 6.07) is 7.81. The molecule has 5 heteroatoms. The first kappa shape index (κ1) is 13.1. The molecule has 1 aromatic carbocycles. The van der Waals surface area contributed by atoms with Crippen molar-refractivity contribution in [2.24, 2.45) is 5.92 Å². The summed E-state index contributed by atoms with van der Waals surface area (Å²) in [4.78, 5) is 11.4. The minimum absolute atomic E-state index is 0.224. The zero-order valence-corrected chi connectivity index (χ0v) is 11.6. The van der Waals surface area contributed by atoms with E-state index >= 15 is 0 Å². The Hall–Kier alpha value is -1.88. The number of anilines is 1. The number of hydrogen-bond donors (Lipinski definition) is 1. The van der Waals surface area contributed by atoms with Crippen LogP contribution in [0.3, 0.4) is 0 Å². The number of fused-ring (bicyclic) bond motifs is 1. The Labute approximate surface area is 118 Å². The zero-order valence-electron chi connectivity index (χ0n) is 11.6. The third-order valence-corrected chi connectivity index (χ3v) is 3.65. The highest BCUT2D eigenvalue weighted by molar-refractivity contribution is 5.77.